The van der Waals surface area contributed by atoms with E-state index < -0.39 is 39.8 Å². The standard InChI is InChI=1S/C29H37ClN4O8S2Si/c1-19-11-14-25(42-19)28-31-32-29(34(28)27-23(40-2)9-8-10-24(27)41-3)33(15-16-45(5,6)7)44(38,39)18-22(35)21-13-12-20(30)17-26(21)43(4,36)37/h8-14,17,22,35H,15-16,18H2,1-7H3/t22-/m0/s1. The quantitative estimate of drug-likeness (QED) is 0.186. The number of hydrogen-bond donors (Lipinski definition) is 1. The lowest BCUT2D eigenvalue weighted by molar-refractivity contribution is 0.198. The van der Waals surface area contributed by atoms with Crippen LogP contribution in [0.15, 0.2) is 57.8 Å². The SMILES string of the molecule is COc1cccc(OC)c1-n1c(-c2ccc(C)o2)nnc1N(CC[Si](C)(C)C)S(=O)(=O)C[C@H](O)c1ccc(Cl)cc1S(C)(=O)=O. The van der Waals surface area contributed by atoms with Gasteiger partial charge in [0.15, 0.2) is 15.6 Å². The minimum Gasteiger partial charge on any atom is -0.494 e. The summed E-state index contributed by atoms with van der Waals surface area (Å²) in [5, 5.41) is 20.1. The Labute approximate surface area is 269 Å². The topological polar surface area (TPSA) is 154 Å². The first-order chi connectivity index (χ1) is 21.0. The number of methoxy groups -OCH3 is 2. The summed E-state index contributed by atoms with van der Waals surface area (Å²) < 4.78 is 73.5. The number of furan rings is 1. The number of anilines is 1. The van der Waals surface area contributed by atoms with Gasteiger partial charge in [-0.3, -0.25) is 4.57 Å². The number of para-hydroxylation sites is 1. The Bertz CT molecular complexity index is 1880. The van der Waals surface area contributed by atoms with E-state index in [2.05, 4.69) is 29.8 Å². The first-order valence-electron chi connectivity index (χ1n) is 13.9. The normalized spacial score (nSPS) is 13.1. The molecular formula is C29H37ClN4O8S2Si. The average molecular weight is 697 g/mol. The first-order valence-corrected chi connectivity index (χ1v) is 21.5. The third-order valence-electron chi connectivity index (χ3n) is 6.96. The minimum absolute atomic E-state index is 0.0110. The van der Waals surface area contributed by atoms with E-state index in [0.717, 1.165) is 10.6 Å². The molecule has 244 valence electrons. The number of hydrogen-bond acceptors (Lipinski definition) is 10. The number of aryl methyl sites for hydroxylation is 1. The number of sulfone groups is 1. The molecule has 16 heteroatoms. The lowest BCUT2D eigenvalue weighted by Crippen LogP contribution is -2.40. The molecule has 2 aromatic heterocycles. The van der Waals surface area contributed by atoms with Crippen LogP contribution >= 0.6 is 11.6 Å². The number of aliphatic hydroxyl groups is 1. The zero-order chi connectivity index (χ0) is 33.3. The number of aromatic nitrogens is 3. The first kappa shape index (κ1) is 34.5. The van der Waals surface area contributed by atoms with E-state index in [-0.39, 0.29) is 33.8 Å². The molecule has 0 spiro atoms. The largest absolute Gasteiger partial charge is 0.494 e. The van der Waals surface area contributed by atoms with Gasteiger partial charge in [0, 0.05) is 31.5 Å². The Morgan fingerprint density at radius 3 is 2.20 bits per heavy atom. The van der Waals surface area contributed by atoms with Crippen LogP contribution in [0.25, 0.3) is 17.3 Å². The Hall–Kier alpha value is -3.37. The summed E-state index contributed by atoms with van der Waals surface area (Å²) in [6, 6.07) is 13.0. The smallest absolute Gasteiger partial charge is 0.246 e. The van der Waals surface area contributed by atoms with Gasteiger partial charge in [-0.1, -0.05) is 43.4 Å². The molecule has 45 heavy (non-hydrogen) atoms. The number of aliphatic hydroxyl groups excluding tert-OH is 1. The number of benzene rings is 2. The van der Waals surface area contributed by atoms with Crippen LogP contribution < -0.4 is 13.8 Å². The summed E-state index contributed by atoms with van der Waals surface area (Å²) in [7, 11) is -7.17. The van der Waals surface area contributed by atoms with Crippen LogP contribution in [0.4, 0.5) is 5.95 Å². The van der Waals surface area contributed by atoms with E-state index in [0.29, 0.717) is 34.8 Å². The van der Waals surface area contributed by atoms with Gasteiger partial charge in [0.05, 0.1) is 31.0 Å². The average Bonchev–Trinajstić information content (AvgIpc) is 3.57. The second-order valence-corrected chi connectivity index (χ2v) is 21.7. The summed E-state index contributed by atoms with van der Waals surface area (Å²) in [6.07, 6.45) is -0.749. The van der Waals surface area contributed by atoms with E-state index in [1.807, 2.05) is 0 Å². The predicted molar refractivity (Wildman–Crippen MR) is 176 cm³/mol. The van der Waals surface area contributed by atoms with Crippen LogP contribution in [0.5, 0.6) is 11.5 Å². The maximum absolute atomic E-state index is 14.3. The minimum atomic E-state index is -4.41. The fourth-order valence-corrected chi connectivity index (χ4v) is 8.46. The van der Waals surface area contributed by atoms with Gasteiger partial charge in [0.2, 0.25) is 21.8 Å². The lowest BCUT2D eigenvalue weighted by atomic mass is 10.1. The number of rotatable bonds is 13. The summed E-state index contributed by atoms with van der Waals surface area (Å²) in [4.78, 5) is -0.260. The van der Waals surface area contributed by atoms with Gasteiger partial charge >= 0.3 is 0 Å². The number of sulfonamides is 1. The molecule has 0 saturated heterocycles. The van der Waals surface area contributed by atoms with Crippen molar-refractivity contribution in [1.29, 1.82) is 0 Å². The monoisotopic (exact) mass is 696 g/mol. The molecule has 0 radical (unpaired) electrons. The molecular weight excluding hydrogens is 660 g/mol. The van der Waals surface area contributed by atoms with Gasteiger partial charge in [-0.05, 0) is 49.4 Å². The van der Waals surface area contributed by atoms with Gasteiger partial charge in [0.25, 0.3) is 0 Å². The van der Waals surface area contributed by atoms with Crippen LogP contribution in [0.1, 0.15) is 17.4 Å². The Balaban J connectivity index is 1.95. The number of nitrogens with zero attached hydrogens (tertiary/aromatic N) is 4. The Morgan fingerprint density at radius 2 is 1.67 bits per heavy atom. The summed E-state index contributed by atoms with van der Waals surface area (Å²) >= 11 is 6.04. The van der Waals surface area contributed by atoms with Crippen molar-refractivity contribution in [2.24, 2.45) is 0 Å². The molecule has 1 atom stereocenters. The summed E-state index contributed by atoms with van der Waals surface area (Å²) in [5.74, 6) is 0.861. The third kappa shape index (κ3) is 7.72. The van der Waals surface area contributed by atoms with Crippen molar-refractivity contribution < 1.29 is 35.8 Å². The molecule has 0 aliphatic carbocycles. The predicted octanol–water partition coefficient (Wildman–Crippen LogP) is 5.12. The lowest BCUT2D eigenvalue weighted by Gasteiger charge is -2.28. The summed E-state index contributed by atoms with van der Waals surface area (Å²) in [5.41, 5.74) is 0.243. The molecule has 0 aliphatic heterocycles. The molecule has 2 aromatic carbocycles. The maximum atomic E-state index is 14.3. The van der Waals surface area contributed by atoms with Crippen LogP contribution in [-0.4, -0.2) is 77.6 Å². The highest BCUT2D eigenvalue weighted by Crippen LogP contribution is 2.40. The second-order valence-electron chi connectivity index (χ2n) is 11.7. The molecule has 0 fully saturated rings. The molecule has 0 unspecified atom stereocenters. The Kier molecular flexibility index (Phi) is 10.1. The fraction of sp³-hybridized carbons (Fsp3) is 0.379. The zero-order valence-corrected chi connectivity index (χ0v) is 29.5. The highest BCUT2D eigenvalue weighted by atomic mass is 35.5. The maximum Gasteiger partial charge on any atom is 0.246 e. The van der Waals surface area contributed by atoms with Gasteiger partial charge in [-0.15, -0.1) is 10.2 Å². The van der Waals surface area contributed by atoms with E-state index in [9.17, 15) is 21.9 Å². The van der Waals surface area contributed by atoms with Gasteiger partial charge < -0.3 is 19.0 Å². The van der Waals surface area contributed by atoms with E-state index in [4.69, 9.17) is 25.5 Å². The summed E-state index contributed by atoms with van der Waals surface area (Å²) in [6.45, 7) is 8.08. The molecule has 0 bridgehead atoms. The fourth-order valence-electron chi connectivity index (χ4n) is 4.69. The van der Waals surface area contributed by atoms with Crippen molar-refractivity contribution in [3.63, 3.8) is 0 Å². The van der Waals surface area contributed by atoms with Gasteiger partial charge in [-0.2, -0.15) is 0 Å². The van der Waals surface area contributed by atoms with Crippen molar-refractivity contribution in [3.05, 3.63) is 64.9 Å². The molecule has 0 aliphatic rings. The van der Waals surface area contributed by atoms with Crippen molar-refractivity contribution in [2.45, 2.75) is 43.6 Å². The van der Waals surface area contributed by atoms with Crippen molar-refractivity contribution in [2.75, 3.05) is 37.1 Å². The molecule has 2 heterocycles. The van der Waals surface area contributed by atoms with Crippen LogP contribution in [0.3, 0.4) is 0 Å². The second kappa shape index (κ2) is 13.2. The number of ether oxygens (including phenoxy) is 2. The van der Waals surface area contributed by atoms with E-state index in [1.165, 1.54) is 37.0 Å². The van der Waals surface area contributed by atoms with Crippen molar-refractivity contribution >= 4 is 45.5 Å². The Morgan fingerprint density at radius 1 is 1.02 bits per heavy atom. The molecule has 1 N–H and O–H groups in total. The van der Waals surface area contributed by atoms with Gasteiger partial charge in [-0.25, -0.2) is 21.1 Å². The van der Waals surface area contributed by atoms with E-state index >= 15 is 0 Å². The van der Waals surface area contributed by atoms with E-state index in [1.54, 1.807) is 37.3 Å². The van der Waals surface area contributed by atoms with Crippen LogP contribution in [0.2, 0.25) is 30.7 Å². The van der Waals surface area contributed by atoms with Gasteiger partial charge in [0.1, 0.15) is 22.9 Å². The highest BCUT2D eigenvalue weighted by Gasteiger charge is 2.36. The van der Waals surface area contributed by atoms with Crippen molar-refractivity contribution in [3.8, 4) is 28.8 Å². The molecule has 0 saturated carbocycles. The van der Waals surface area contributed by atoms with Crippen LogP contribution in [0, 0.1) is 6.92 Å². The molecule has 4 rings (SSSR count). The number of halogens is 1. The van der Waals surface area contributed by atoms with Crippen molar-refractivity contribution in [1.82, 2.24) is 14.8 Å². The molecule has 0 amide bonds. The zero-order valence-electron chi connectivity index (χ0n) is 26.1. The van der Waals surface area contributed by atoms with Crippen LogP contribution in [-0.2, 0) is 19.9 Å². The molecule has 4 aromatic rings. The highest BCUT2D eigenvalue weighted by molar-refractivity contribution is 7.92. The molecule has 12 nitrogen and oxygen atoms in total. The third-order valence-corrected chi connectivity index (χ3v) is 11.8.